The average Bonchev–Trinajstić information content (AvgIpc) is 2.56. The van der Waals surface area contributed by atoms with Crippen LogP contribution in [0.2, 0.25) is 0 Å². The molecule has 0 heterocycles. The van der Waals surface area contributed by atoms with E-state index in [0.717, 1.165) is 11.8 Å². The zero-order valence-electron chi connectivity index (χ0n) is 12.2. The van der Waals surface area contributed by atoms with Gasteiger partial charge in [0.1, 0.15) is 0 Å². The van der Waals surface area contributed by atoms with Gasteiger partial charge in [-0.25, -0.2) is 5.43 Å². The number of halogens is 1. The van der Waals surface area contributed by atoms with Crippen molar-refractivity contribution >= 4 is 39.8 Å². The fourth-order valence-corrected chi connectivity index (χ4v) is 2.25. The molecule has 7 nitrogen and oxygen atoms in total. The van der Waals surface area contributed by atoms with Gasteiger partial charge in [-0.05, 0) is 17.7 Å². The number of nitrogens with zero attached hydrogens (tertiary/aromatic N) is 2. The summed E-state index contributed by atoms with van der Waals surface area (Å²) < 4.78 is 0.406. The van der Waals surface area contributed by atoms with Crippen LogP contribution in [-0.4, -0.2) is 22.2 Å². The minimum Gasteiger partial charge on any atom is -0.502 e. The molecule has 1 amide bonds. The monoisotopic (exact) mass is 389 g/mol. The van der Waals surface area contributed by atoms with Gasteiger partial charge in [-0.3, -0.25) is 14.9 Å². The van der Waals surface area contributed by atoms with Crippen molar-refractivity contribution in [2.75, 3.05) is 0 Å². The number of hydrogen-bond donors (Lipinski definition) is 2. The maximum atomic E-state index is 11.6. The lowest BCUT2D eigenvalue weighted by Gasteiger charge is -2.01. The average molecular weight is 390 g/mol. The molecule has 0 atom stereocenters. The number of nitrogens with one attached hydrogen (secondary N) is 1. The summed E-state index contributed by atoms with van der Waals surface area (Å²) in [6, 6.07) is 11.9. The number of rotatable bonds is 5. The summed E-state index contributed by atoms with van der Waals surface area (Å²) in [5, 5.41) is 24.3. The van der Waals surface area contributed by atoms with Crippen LogP contribution in [-0.2, 0) is 4.79 Å². The van der Waals surface area contributed by atoms with E-state index in [1.54, 1.807) is 6.08 Å². The summed E-state index contributed by atoms with van der Waals surface area (Å²) in [6.07, 6.45) is 4.05. The van der Waals surface area contributed by atoms with Crippen LogP contribution in [0.15, 0.2) is 58.1 Å². The van der Waals surface area contributed by atoms with Gasteiger partial charge in [-0.15, -0.1) is 0 Å². The molecular weight excluding hydrogens is 378 g/mol. The lowest BCUT2D eigenvalue weighted by Crippen LogP contribution is -2.14. The Morgan fingerprint density at radius 2 is 2.00 bits per heavy atom. The fraction of sp³-hybridized carbons (Fsp3) is 0. The molecule has 2 aromatic carbocycles. The van der Waals surface area contributed by atoms with Crippen LogP contribution < -0.4 is 5.43 Å². The van der Waals surface area contributed by atoms with Gasteiger partial charge in [-0.2, -0.15) is 5.10 Å². The zero-order valence-corrected chi connectivity index (χ0v) is 13.8. The second kappa shape index (κ2) is 8.02. The van der Waals surface area contributed by atoms with E-state index >= 15 is 0 Å². The summed E-state index contributed by atoms with van der Waals surface area (Å²) in [4.78, 5) is 21.8. The summed E-state index contributed by atoms with van der Waals surface area (Å²) in [7, 11) is 0. The van der Waals surface area contributed by atoms with E-state index in [-0.39, 0.29) is 5.56 Å². The van der Waals surface area contributed by atoms with Gasteiger partial charge < -0.3 is 5.11 Å². The maximum Gasteiger partial charge on any atom is 0.312 e. The maximum absolute atomic E-state index is 11.6. The molecule has 0 fully saturated rings. The zero-order chi connectivity index (χ0) is 17.5. The van der Waals surface area contributed by atoms with Crippen LogP contribution in [0.25, 0.3) is 6.08 Å². The molecule has 0 saturated carbocycles. The Labute approximate surface area is 145 Å². The molecule has 24 heavy (non-hydrogen) atoms. The molecule has 2 rings (SSSR count). The first kappa shape index (κ1) is 17.4. The number of amides is 1. The van der Waals surface area contributed by atoms with Crippen LogP contribution in [0.1, 0.15) is 11.1 Å². The van der Waals surface area contributed by atoms with Crippen molar-refractivity contribution in [1.82, 2.24) is 5.43 Å². The Bertz CT molecular complexity index is 820. The number of hydrazone groups is 1. The molecule has 0 spiro atoms. The normalized spacial score (nSPS) is 11.0. The van der Waals surface area contributed by atoms with E-state index in [1.165, 1.54) is 18.2 Å². The van der Waals surface area contributed by atoms with Crippen molar-refractivity contribution in [2.45, 2.75) is 0 Å². The Hall–Kier alpha value is -3.00. The highest BCUT2D eigenvalue weighted by molar-refractivity contribution is 9.10. The van der Waals surface area contributed by atoms with Crippen molar-refractivity contribution in [2.24, 2.45) is 5.10 Å². The minimum atomic E-state index is -0.710. The van der Waals surface area contributed by atoms with E-state index < -0.39 is 22.3 Å². The predicted octanol–water partition coefficient (Wildman–Crippen LogP) is 3.23. The van der Waals surface area contributed by atoms with Crippen LogP contribution >= 0.6 is 15.9 Å². The van der Waals surface area contributed by atoms with Crippen molar-refractivity contribution in [3.05, 3.63) is 74.3 Å². The van der Waals surface area contributed by atoms with Gasteiger partial charge in [0, 0.05) is 22.2 Å². The lowest BCUT2D eigenvalue weighted by atomic mass is 10.2. The van der Waals surface area contributed by atoms with Crippen LogP contribution in [0.3, 0.4) is 0 Å². The van der Waals surface area contributed by atoms with Crippen LogP contribution in [0.4, 0.5) is 5.69 Å². The summed E-state index contributed by atoms with van der Waals surface area (Å²) in [6.45, 7) is 0. The highest BCUT2D eigenvalue weighted by Gasteiger charge is 2.17. The summed E-state index contributed by atoms with van der Waals surface area (Å²) in [5.74, 6) is -1.000. The molecule has 0 aromatic heterocycles. The van der Waals surface area contributed by atoms with Crippen molar-refractivity contribution in [1.29, 1.82) is 0 Å². The first-order valence-electron chi connectivity index (χ1n) is 6.70. The first-order chi connectivity index (χ1) is 11.5. The molecule has 8 heteroatoms. The van der Waals surface area contributed by atoms with Gasteiger partial charge in [0.2, 0.25) is 5.75 Å². The van der Waals surface area contributed by atoms with Crippen molar-refractivity contribution in [3.63, 3.8) is 0 Å². The van der Waals surface area contributed by atoms with Gasteiger partial charge in [0.25, 0.3) is 5.91 Å². The van der Waals surface area contributed by atoms with E-state index in [2.05, 4.69) is 26.5 Å². The number of aromatic hydroxyl groups is 1. The topological polar surface area (TPSA) is 105 Å². The quantitative estimate of drug-likeness (QED) is 0.354. The van der Waals surface area contributed by atoms with Crippen LogP contribution in [0, 0.1) is 10.1 Å². The van der Waals surface area contributed by atoms with Crippen LogP contribution in [0.5, 0.6) is 5.75 Å². The van der Waals surface area contributed by atoms with E-state index in [1.807, 2.05) is 30.3 Å². The smallest absolute Gasteiger partial charge is 0.312 e. The van der Waals surface area contributed by atoms with Gasteiger partial charge >= 0.3 is 5.69 Å². The summed E-state index contributed by atoms with van der Waals surface area (Å²) >= 11 is 3.11. The number of nitro benzene ring substituents is 1. The molecule has 2 N–H and O–H groups in total. The Kier molecular flexibility index (Phi) is 5.80. The third-order valence-corrected chi connectivity index (χ3v) is 3.34. The Morgan fingerprint density at radius 1 is 1.29 bits per heavy atom. The Morgan fingerprint density at radius 3 is 2.67 bits per heavy atom. The Balaban J connectivity index is 2.05. The highest BCUT2D eigenvalue weighted by atomic mass is 79.9. The molecule has 0 saturated heterocycles. The second-order valence-electron chi connectivity index (χ2n) is 4.60. The molecule has 0 aliphatic rings. The third kappa shape index (κ3) is 4.75. The lowest BCUT2D eigenvalue weighted by molar-refractivity contribution is -0.385. The molecule has 0 bridgehead atoms. The number of nitro groups is 1. The highest BCUT2D eigenvalue weighted by Crippen LogP contribution is 2.32. The fourth-order valence-electron chi connectivity index (χ4n) is 1.78. The van der Waals surface area contributed by atoms with E-state index in [0.29, 0.717) is 4.47 Å². The van der Waals surface area contributed by atoms with Crippen molar-refractivity contribution in [3.8, 4) is 5.75 Å². The van der Waals surface area contributed by atoms with Gasteiger partial charge in [0.15, 0.2) is 0 Å². The van der Waals surface area contributed by atoms with Crippen molar-refractivity contribution < 1.29 is 14.8 Å². The second-order valence-corrected chi connectivity index (χ2v) is 5.51. The first-order valence-corrected chi connectivity index (χ1v) is 7.50. The number of phenols is 1. The van der Waals surface area contributed by atoms with E-state index in [9.17, 15) is 20.0 Å². The summed E-state index contributed by atoms with van der Waals surface area (Å²) in [5.41, 5.74) is 2.75. The molecule has 0 radical (unpaired) electrons. The van der Waals surface area contributed by atoms with Gasteiger partial charge in [0.05, 0.1) is 11.1 Å². The number of phenolic OH excluding ortho intramolecular Hbond substituents is 1. The standard InChI is InChI=1S/C16H12BrN3O4/c17-13-8-12(16(22)14(9-13)20(23)24)10-18-19-15(21)7-6-11-4-2-1-3-5-11/h1-10,22H,(H,19,21)/b7-6+,18-10+. The molecule has 0 unspecified atom stereocenters. The van der Waals surface area contributed by atoms with E-state index in [4.69, 9.17) is 0 Å². The molecule has 0 aliphatic heterocycles. The number of carbonyl (C=O) groups excluding carboxylic acids is 1. The largest absolute Gasteiger partial charge is 0.502 e. The number of benzene rings is 2. The third-order valence-electron chi connectivity index (χ3n) is 2.89. The molecule has 2 aromatic rings. The number of carbonyl (C=O) groups is 1. The molecule has 122 valence electrons. The molecular formula is C16H12BrN3O4. The SMILES string of the molecule is O=C(/C=C/c1ccccc1)N/N=C/c1cc(Br)cc([N+](=O)[O-])c1O. The predicted molar refractivity (Wildman–Crippen MR) is 93.7 cm³/mol. The minimum absolute atomic E-state index is 0.100. The molecule has 0 aliphatic carbocycles. The number of hydrogen-bond acceptors (Lipinski definition) is 5. The van der Waals surface area contributed by atoms with Gasteiger partial charge in [-0.1, -0.05) is 46.3 Å².